The Labute approximate surface area is 179 Å². The number of hydrogen-bond donors (Lipinski definition) is 0. The van der Waals surface area contributed by atoms with Crippen LogP contribution >= 0.6 is 0 Å². The number of rotatable bonds is 13. The lowest BCUT2D eigenvalue weighted by atomic mass is 9.81. The molecule has 0 amide bonds. The second-order valence-electron chi connectivity index (χ2n) is 8.27. The van der Waals surface area contributed by atoms with Gasteiger partial charge in [-0.3, -0.25) is 0 Å². The molecular weight excluding hydrogens is 380 g/mol. The van der Waals surface area contributed by atoms with Crippen molar-refractivity contribution >= 4 is 8.80 Å². The van der Waals surface area contributed by atoms with E-state index >= 15 is 0 Å². The monoisotopic (exact) mass is 422 g/mol. The van der Waals surface area contributed by atoms with E-state index in [0.29, 0.717) is 18.4 Å². The zero-order valence-electron chi connectivity index (χ0n) is 19.3. The summed E-state index contributed by atoms with van der Waals surface area (Å²) in [6.45, 7) is 5.25. The SMILES string of the molecule is CCCC(CC)c1ccc(OCCC[Si](OC)(OC)OC)c(C2CCCCC2)c1. The van der Waals surface area contributed by atoms with Crippen LogP contribution < -0.4 is 4.74 Å². The summed E-state index contributed by atoms with van der Waals surface area (Å²) in [5.41, 5.74) is 2.93. The van der Waals surface area contributed by atoms with E-state index in [4.69, 9.17) is 18.0 Å². The van der Waals surface area contributed by atoms with Gasteiger partial charge in [0.25, 0.3) is 0 Å². The Morgan fingerprint density at radius 2 is 1.69 bits per heavy atom. The summed E-state index contributed by atoms with van der Waals surface area (Å²) >= 11 is 0. The highest BCUT2D eigenvalue weighted by atomic mass is 28.4. The predicted octanol–water partition coefficient (Wildman–Crippen LogP) is 6.68. The van der Waals surface area contributed by atoms with E-state index in [9.17, 15) is 0 Å². The van der Waals surface area contributed by atoms with Gasteiger partial charge in [0.1, 0.15) is 5.75 Å². The summed E-state index contributed by atoms with van der Waals surface area (Å²) in [6, 6.07) is 7.75. The summed E-state index contributed by atoms with van der Waals surface area (Å²) in [6.07, 6.45) is 11.2. The van der Waals surface area contributed by atoms with Crippen molar-refractivity contribution in [3.63, 3.8) is 0 Å². The summed E-state index contributed by atoms with van der Waals surface area (Å²) < 4.78 is 22.9. The Kier molecular flexibility index (Phi) is 10.7. The highest BCUT2D eigenvalue weighted by molar-refractivity contribution is 6.60. The molecule has 0 aromatic heterocycles. The Bertz CT molecular complexity index is 574. The van der Waals surface area contributed by atoms with Crippen molar-refractivity contribution in [2.45, 2.75) is 89.5 Å². The molecule has 0 aliphatic heterocycles. The van der Waals surface area contributed by atoms with Gasteiger partial charge < -0.3 is 18.0 Å². The zero-order valence-corrected chi connectivity index (χ0v) is 20.3. The number of ether oxygens (including phenoxy) is 1. The first-order valence-electron chi connectivity index (χ1n) is 11.5. The fraction of sp³-hybridized carbons (Fsp3) is 0.750. The van der Waals surface area contributed by atoms with E-state index in [0.717, 1.165) is 18.2 Å². The first-order valence-corrected chi connectivity index (χ1v) is 13.5. The van der Waals surface area contributed by atoms with Crippen molar-refractivity contribution in [3.8, 4) is 5.75 Å². The molecule has 1 aromatic rings. The Hall–Kier alpha value is -0.883. The van der Waals surface area contributed by atoms with Gasteiger partial charge in [0, 0.05) is 27.4 Å². The van der Waals surface area contributed by atoms with Crippen molar-refractivity contribution in [2.24, 2.45) is 0 Å². The lowest BCUT2D eigenvalue weighted by Gasteiger charge is -2.27. The predicted molar refractivity (Wildman–Crippen MR) is 122 cm³/mol. The Balaban J connectivity index is 2.10. The molecule has 0 N–H and O–H groups in total. The third-order valence-electron chi connectivity index (χ3n) is 6.50. The maximum absolute atomic E-state index is 6.30. The number of benzene rings is 1. The molecule has 1 saturated carbocycles. The van der Waals surface area contributed by atoms with Crippen LogP contribution in [0.4, 0.5) is 0 Å². The van der Waals surface area contributed by atoms with Gasteiger partial charge in [-0.05, 0) is 61.1 Å². The minimum atomic E-state index is -2.52. The minimum Gasteiger partial charge on any atom is -0.493 e. The lowest BCUT2D eigenvalue weighted by Crippen LogP contribution is -2.42. The molecule has 0 heterocycles. The van der Waals surface area contributed by atoms with Crippen LogP contribution in [-0.2, 0) is 13.3 Å². The first-order chi connectivity index (χ1) is 14.1. The number of hydrogen-bond acceptors (Lipinski definition) is 4. The molecule has 166 valence electrons. The molecular formula is C24H42O4Si. The molecule has 1 aliphatic carbocycles. The molecule has 1 atom stereocenters. The van der Waals surface area contributed by atoms with E-state index in [2.05, 4.69) is 32.0 Å². The highest BCUT2D eigenvalue weighted by Gasteiger charge is 2.37. The van der Waals surface area contributed by atoms with Crippen LogP contribution in [0.3, 0.4) is 0 Å². The van der Waals surface area contributed by atoms with Gasteiger partial charge in [-0.15, -0.1) is 0 Å². The smallest absolute Gasteiger partial charge is 0.493 e. The van der Waals surface area contributed by atoms with Gasteiger partial charge in [-0.1, -0.05) is 51.7 Å². The molecule has 1 aromatic carbocycles. The van der Waals surface area contributed by atoms with Gasteiger partial charge in [0.05, 0.1) is 6.61 Å². The topological polar surface area (TPSA) is 36.9 Å². The van der Waals surface area contributed by atoms with Crippen LogP contribution in [0.1, 0.15) is 94.6 Å². The van der Waals surface area contributed by atoms with E-state index in [1.165, 1.54) is 62.5 Å². The molecule has 0 spiro atoms. The summed E-state index contributed by atoms with van der Waals surface area (Å²) in [4.78, 5) is 0. The van der Waals surface area contributed by atoms with Gasteiger partial charge in [-0.2, -0.15) is 0 Å². The Morgan fingerprint density at radius 1 is 1.00 bits per heavy atom. The van der Waals surface area contributed by atoms with Crippen LogP contribution in [0.2, 0.25) is 6.04 Å². The van der Waals surface area contributed by atoms with E-state index < -0.39 is 8.80 Å². The molecule has 2 rings (SSSR count). The second-order valence-corrected chi connectivity index (χ2v) is 11.4. The van der Waals surface area contributed by atoms with Crippen LogP contribution in [0.15, 0.2) is 18.2 Å². The summed E-state index contributed by atoms with van der Waals surface area (Å²) in [5, 5.41) is 0. The van der Waals surface area contributed by atoms with Crippen molar-refractivity contribution < 1.29 is 18.0 Å². The third kappa shape index (κ3) is 6.81. The fourth-order valence-corrected chi connectivity index (χ4v) is 6.36. The molecule has 1 aliphatic rings. The van der Waals surface area contributed by atoms with E-state index in [1.54, 1.807) is 21.3 Å². The fourth-order valence-electron chi connectivity index (χ4n) is 4.67. The van der Waals surface area contributed by atoms with E-state index in [1.807, 2.05) is 0 Å². The first kappa shape index (κ1) is 24.4. The molecule has 1 fully saturated rings. The average Bonchev–Trinajstić information content (AvgIpc) is 2.79. The van der Waals surface area contributed by atoms with Crippen LogP contribution in [-0.4, -0.2) is 36.7 Å². The van der Waals surface area contributed by atoms with Crippen LogP contribution in [0, 0.1) is 0 Å². The third-order valence-corrected chi connectivity index (χ3v) is 9.33. The van der Waals surface area contributed by atoms with Crippen LogP contribution in [0.25, 0.3) is 0 Å². The highest BCUT2D eigenvalue weighted by Crippen LogP contribution is 2.40. The molecule has 4 nitrogen and oxygen atoms in total. The molecule has 5 heteroatoms. The molecule has 1 unspecified atom stereocenters. The van der Waals surface area contributed by atoms with Crippen LogP contribution in [0.5, 0.6) is 5.75 Å². The normalized spacial score (nSPS) is 16.7. The van der Waals surface area contributed by atoms with Crippen molar-refractivity contribution in [1.29, 1.82) is 0 Å². The second kappa shape index (κ2) is 12.7. The van der Waals surface area contributed by atoms with Gasteiger partial charge in [-0.25, -0.2) is 0 Å². The largest absolute Gasteiger partial charge is 0.500 e. The summed E-state index contributed by atoms with van der Waals surface area (Å²) in [5.74, 6) is 2.38. The maximum Gasteiger partial charge on any atom is 0.500 e. The zero-order chi connectivity index (χ0) is 21.1. The standard InChI is InChI=1S/C24H42O4Si/c1-6-12-20(7-2)22-15-16-24(23(19-22)21-13-9-8-10-14-21)28-17-11-18-29(25-3,26-4)27-5/h15-16,19-21H,6-14,17-18H2,1-5H3. The molecule has 0 bridgehead atoms. The maximum atomic E-state index is 6.30. The summed E-state index contributed by atoms with van der Waals surface area (Å²) in [7, 11) is 2.48. The molecule has 29 heavy (non-hydrogen) atoms. The average molecular weight is 423 g/mol. The van der Waals surface area contributed by atoms with Crippen molar-refractivity contribution in [1.82, 2.24) is 0 Å². The van der Waals surface area contributed by atoms with E-state index in [-0.39, 0.29) is 0 Å². The van der Waals surface area contributed by atoms with Gasteiger partial charge in [0.15, 0.2) is 0 Å². The van der Waals surface area contributed by atoms with Crippen molar-refractivity contribution in [2.75, 3.05) is 27.9 Å². The minimum absolute atomic E-state index is 0.642. The molecule has 0 radical (unpaired) electrons. The molecule has 0 saturated heterocycles. The van der Waals surface area contributed by atoms with Gasteiger partial charge in [0.2, 0.25) is 0 Å². The lowest BCUT2D eigenvalue weighted by molar-refractivity contribution is 0.121. The Morgan fingerprint density at radius 3 is 2.28 bits per heavy atom. The van der Waals surface area contributed by atoms with Crippen molar-refractivity contribution in [3.05, 3.63) is 29.3 Å². The van der Waals surface area contributed by atoms with Gasteiger partial charge >= 0.3 is 8.80 Å². The quantitative estimate of drug-likeness (QED) is 0.262.